The molecule has 0 aliphatic rings. The van der Waals surface area contributed by atoms with Crippen LogP contribution in [0.25, 0.3) is 11.3 Å². The van der Waals surface area contributed by atoms with E-state index in [1.165, 1.54) is 5.56 Å². The standard InChI is InChI=1S/C18H20Cl3N/c1-5-6-7-13-15(19)16(20)17(21)18(22-13)14-11(3)8-10(2)9-12(14)4/h8-9H,5-7H2,1-4H3. The molecule has 1 nitrogen and oxygen atoms in total. The highest BCUT2D eigenvalue weighted by molar-refractivity contribution is 6.49. The van der Waals surface area contributed by atoms with Crippen LogP contribution in [0.3, 0.4) is 0 Å². The van der Waals surface area contributed by atoms with Crippen LogP contribution in [0, 0.1) is 20.8 Å². The Hall–Kier alpha value is -0.760. The summed E-state index contributed by atoms with van der Waals surface area (Å²) in [5.41, 5.74) is 6.12. The molecule has 1 aromatic heterocycles. The van der Waals surface area contributed by atoms with Gasteiger partial charge in [0.15, 0.2) is 0 Å². The predicted molar refractivity (Wildman–Crippen MR) is 97.5 cm³/mol. The van der Waals surface area contributed by atoms with Crippen molar-refractivity contribution in [2.45, 2.75) is 47.0 Å². The Morgan fingerprint density at radius 2 is 1.50 bits per heavy atom. The highest BCUT2D eigenvalue weighted by Gasteiger charge is 2.19. The van der Waals surface area contributed by atoms with E-state index in [2.05, 4.69) is 39.8 Å². The third kappa shape index (κ3) is 3.42. The number of nitrogens with zero attached hydrogens (tertiary/aromatic N) is 1. The number of aromatic nitrogens is 1. The molecule has 0 bridgehead atoms. The minimum Gasteiger partial charge on any atom is -0.250 e. The third-order valence-electron chi connectivity index (χ3n) is 3.77. The lowest BCUT2D eigenvalue weighted by Crippen LogP contribution is -2.00. The quantitative estimate of drug-likeness (QED) is 0.576. The number of hydrogen-bond donors (Lipinski definition) is 0. The van der Waals surface area contributed by atoms with Crippen molar-refractivity contribution in [3.05, 3.63) is 49.6 Å². The summed E-state index contributed by atoms with van der Waals surface area (Å²) in [5, 5.41) is 1.31. The summed E-state index contributed by atoms with van der Waals surface area (Å²) in [6.07, 6.45) is 2.91. The Morgan fingerprint density at radius 3 is 2.05 bits per heavy atom. The lowest BCUT2D eigenvalue weighted by atomic mass is 9.96. The van der Waals surface area contributed by atoms with Gasteiger partial charge in [-0.1, -0.05) is 65.8 Å². The zero-order valence-electron chi connectivity index (χ0n) is 13.4. The fraction of sp³-hybridized carbons (Fsp3) is 0.389. The van der Waals surface area contributed by atoms with Crippen molar-refractivity contribution < 1.29 is 0 Å². The third-order valence-corrected chi connectivity index (χ3v) is 5.12. The van der Waals surface area contributed by atoms with E-state index in [-0.39, 0.29) is 0 Å². The summed E-state index contributed by atoms with van der Waals surface area (Å²) in [6, 6.07) is 4.27. The van der Waals surface area contributed by atoms with Crippen molar-refractivity contribution in [1.82, 2.24) is 4.98 Å². The Labute approximate surface area is 147 Å². The van der Waals surface area contributed by atoms with Gasteiger partial charge in [-0.3, -0.25) is 0 Å². The molecule has 0 saturated carbocycles. The van der Waals surface area contributed by atoms with E-state index in [0.717, 1.165) is 47.3 Å². The molecular formula is C18H20Cl3N. The van der Waals surface area contributed by atoms with Crippen LogP contribution in [0.4, 0.5) is 0 Å². The van der Waals surface area contributed by atoms with Gasteiger partial charge in [-0.2, -0.15) is 0 Å². The number of unbranched alkanes of at least 4 members (excludes halogenated alkanes) is 1. The Balaban J connectivity index is 2.68. The molecule has 2 rings (SSSR count). The van der Waals surface area contributed by atoms with Crippen LogP contribution in [-0.2, 0) is 6.42 Å². The van der Waals surface area contributed by atoms with Gasteiger partial charge in [-0.25, -0.2) is 4.98 Å². The molecule has 0 spiro atoms. The van der Waals surface area contributed by atoms with Gasteiger partial charge in [-0.05, 0) is 44.7 Å². The van der Waals surface area contributed by atoms with Crippen molar-refractivity contribution in [2.24, 2.45) is 0 Å². The van der Waals surface area contributed by atoms with Crippen LogP contribution in [0.5, 0.6) is 0 Å². The van der Waals surface area contributed by atoms with Gasteiger partial charge in [0, 0.05) is 5.56 Å². The molecule has 1 aromatic carbocycles. The first kappa shape index (κ1) is 17.6. The normalized spacial score (nSPS) is 11.0. The highest BCUT2D eigenvalue weighted by Crippen LogP contribution is 2.41. The average Bonchev–Trinajstić information content (AvgIpc) is 2.45. The van der Waals surface area contributed by atoms with E-state index in [0.29, 0.717) is 15.1 Å². The van der Waals surface area contributed by atoms with E-state index in [1.54, 1.807) is 0 Å². The Bertz CT molecular complexity index is 685. The number of rotatable bonds is 4. The minimum absolute atomic E-state index is 0.402. The first-order chi connectivity index (χ1) is 10.4. The summed E-state index contributed by atoms with van der Waals surface area (Å²) in [4.78, 5) is 4.74. The number of benzene rings is 1. The van der Waals surface area contributed by atoms with Gasteiger partial charge >= 0.3 is 0 Å². The van der Waals surface area contributed by atoms with E-state index in [9.17, 15) is 0 Å². The van der Waals surface area contributed by atoms with Crippen molar-refractivity contribution in [2.75, 3.05) is 0 Å². The molecule has 118 valence electrons. The maximum absolute atomic E-state index is 6.44. The van der Waals surface area contributed by atoms with Crippen LogP contribution in [-0.4, -0.2) is 4.98 Å². The van der Waals surface area contributed by atoms with Crippen molar-refractivity contribution >= 4 is 34.8 Å². The van der Waals surface area contributed by atoms with Gasteiger partial charge < -0.3 is 0 Å². The summed E-state index contributed by atoms with van der Waals surface area (Å²) in [7, 11) is 0. The molecule has 1 heterocycles. The minimum atomic E-state index is 0.402. The van der Waals surface area contributed by atoms with Gasteiger partial charge in [0.1, 0.15) is 0 Å². The maximum Gasteiger partial charge on any atom is 0.0913 e. The van der Waals surface area contributed by atoms with Crippen molar-refractivity contribution in [3.8, 4) is 11.3 Å². The van der Waals surface area contributed by atoms with Crippen LogP contribution >= 0.6 is 34.8 Å². The molecule has 0 fully saturated rings. The SMILES string of the molecule is CCCCc1nc(-c2c(C)cc(C)cc2C)c(Cl)c(Cl)c1Cl. The molecule has 22 heavy (non-hydrogen) atoms. The zero-order valence-corrected chi connectivity index (χ0v) is 15.6. The molecular weight excluding hydrogens is 337 g/mol. The Kier molecular flexibility index (Phi) is 5.76. The van der Waals surface area contributed by atoms with Gasteiger partial charge in [-0.15, -0.1) is 0 Å². The lowest BCUT2D eigenvalue weighted by Gasteiger charge is -2.16. The lowest BCUT2D eigenvalue weighted by molar-refractivity contribution is 0.777. The first-order valence-electron chi connectivity index (χ1n) is 7.48. The molecule has 0 radical (unpaired) electrons. The molecule has 0 aliphatic carbocycles. The molecule has 0 unspecified atom stereocenters. The molecule has 0 amide bonds. The molecule has 0 saturated heterocycles. The molecule has 4 heteroatoms. The number of hydrogen-bond acceptors (Lipinski definition) is 1. The molecule has 2 aromatic rings. The van der Waals surface area contributed by atoms with Crippen molar-refractivity contribution in [1.29, 1.82) is 0 Å². The van der Waals surface area contributed by atoms with Crippen molar-refractivity contribution in [3.63, 3.8) is 0 Å². The summed E-state index contributed by atoms with van der Waals surface area (Å²) in [6.45, 7) is 8.37. The highest BCUT2D eigenvalue weighted by atomic mass is 35.5. The molecule has 0 atom stereocenters. The largest absolute Gasteiger partial charge is 0.250 e. The summed E-state index contributed by atoms with van der Waals surface area (Å²) >= 11 is 19.1. The number of halogens is 3. The number of pyridine rings is 1. The first-order valence-corrected chi connectivity index (χ1v) is 8.61. The van der Waals surface area contributed by atoms with E-state index in [1.807, 2.05) is 0 Å². The van der Waals surface area contributed by atoms with Gasteiger partial charge in [0.25, 0.3) is 0 Å². The average molecular weight is 357 g/mol. The summed E-state index contributed by atoms with van der Waals surface area (Å²) < 4.78 is 0. The van der Waals surface area contributed by atoms with Crippen LogP contribution < -0.4 is 0 Å². The van der Waals surface area contributed by atoms with Crippen LogP contribution in [0.2, 0.25) is 15.1 Å². The predicted octanol–water partition coefficient (Wildman–Crippen LogP) is 6.98. The smallest absolute Gasteiger partial charge is 0.0913 e. The van der Waals surface area contributed by atoms with Crippen LogP contribution in [0.1, 0.15) is 42.1 Å². The van der Waals surface area contributed by atoms with Crippen LogP contribution in [0.15, 0.2) is 12.1 Å². The monoisotopic (exact) mass is 355 g/mol. The topological polar surface area (TPSA) is 12.9 Å². The van der Waals surface area contributed by atoms with E-state index >= 15 is 0 Å². The van der Waals surface area contributed by atoms with Gasteiger partial charge in [0.05, 0.1) is 26.5 Å². The van der Waals surface area contributed by atoms with E-state index in [4.69, 9.17) is 39.8 Å². The maximum atomic E-state index is 6.44. The number of aryl methyl sites for hydroxylation is 4. The summed E-state index contributed by atoms with van der Waals surface area (Å²) in [5.74, 6) is 0. The fourth-order valence-electron chi connectivity index (χ4n) is 2.79. The molecule has 0 N–H and O–H groups in total. The second-order valence-electron chi connectivity index (χ2n) is 5.73. The zero-order chi connectivity index (χ0) is 16.4. The fourth-order valence-corrected chi connectivity index (χ4v) is 3.50. The second kappa shape index (κ2) is 7.21. The second-order valence-corrected chi connectivity index (χ2v) is 6.86. The van der Waals surface area contributed by atoms with Gasteiger partial charge in [0.2, 0.25) is 0 Å². The van der Waals surface area contributed by atoms with E-state index < -0.39 is 0 Å². The Morgan fingerprint density at radius 1 is 0.909 bits per heavy atom. The molecule has 0 aliphatic heterocycles.